The van der Waals surface area contributed by atoms with E-state index in [1.807, 2.05) is 31.2 Å². The van der Waals surface area contributed by atoms with Gasteiger partial charge in [0.2, 0.25) is 0 Å². The van der Waals surface area contributed by atoms with Gasteiger partial charge in [0.05, 0.1) is 10.6 Å². The first-order valence-electron chi connectivity index (χ1n) is 9.44. The van der Waals surface area contributed by atoms with Gasteiger partial charge in [0.15, 0.2) is 0 Å². The molecule has 1 N–H and O–H groups in total. The van der Waals surface area contributed by atoms with Gasteiger partial charge in [0.25, 0.3) is 15.9 Å². The second-order valence-electron chi connectivity index (χ2n) is 6.64. The number of anilines is 1. The Bertz CT molecular complexity index is 1080. The number of nitrogens with one attached hydrogen (secondary N) is 1. The largest absolute Gasteiger partial charge is 0.348 e. The number of aryl methyl sites for hydroxylation is 1. The first-order valence-corrected chi connectivity index (χ1v) is 10.9. The van der Waals surface area contributed by atoms with E-state index in [1.165, 1.54) is 4.31 Å². The first kappa shape index (κ1) is 20.6. The molecule has 0 bridgehead atoms. The molecule has 0 saturated heterocycles. The Balaban J connectivity index is 1.75. The Labute approximate surface area is 172 Å². The van der Waals surface area contributed by atoms with Crippen molar-refractivity contribution in [1.82, 2.24) is 5.32 Å². The van der Waals surface area contributed by atoms with Gasteiger partial charge in [-0.2, -0.15) is 0 Å². The molecule has 0 heterocycles. The van der Waals surface area contributed by atoms with Crippen molar-refractivity contribution in [3.05, 3.63) is 95.6 Å². The smallest absolute Gasteiger partial charge is 0.264 e. The van der Waals surface area contributed by atoms with Crippen LogP contribution in [0, 0.1) is 6.92 Å². The van der Waals surface area contributed by atoms with Crippen molar-refractivity contribution in [3.8, 4) is 0 Å². The van der Waals surface area contributed by atoms with Crippen LogP contribution in [0.25, 0.3) is 0 Å². The van der Waals surface area contributed by atoms with Crippen molar-refractivity contribution in [2.75, 3.05) is 10.8 Å². The first-order chi connectivity index (χ1) is 13.9. The monoisotopic (exact) mass is 408 g/mol. The fourth-order valence-electron chi connectivity index (χ4n) is 3.08. The molecule has 150 valence electrons. The molecule has 0 fully saturated rings. The van der Waals surface area contributed by atoms with Gasteiger partial charge in [-0.1, -0.05) is 42.5 Å². The summed E-state index contributed by atoms with van der Waals surface area (Å²) in [6.45, 7) is 4.51. The van der Waals surface area contributed by atoms with Crippen molar-refractivity contribution in [2.45, 2.75) is 25.3 Å². The number of hydrogen-bond donors (Lipinski definition) is 1. The van der Waals surface area contributed by atoms with Gasteiger partial charge in [-0.15, -0.1) is 0 Å². The fraction of sp³-hybridized carbons (Fsp3) is 0.174. The predicted octanol–water partition coefficient (Wildman–Crippen LogP) is 4.14. The number of rotatable bonds is 7. The topological polar surface area (TPSA) is 66.5 Å². The summed E-state index contributed by atoms with van der Waals surface area (Å²) < 4.78 is 27.2. The quantitative estimate of drug-likeness (QED) is 0.639. The predicted molar refractivity (Wildman–Crippen MR) is 115 cm³/mol. The lowest BCUT2D eigenvalue weighted by Crippen LogP contribution is -2.30. The second-order valence-corrected chi connectivity index (χ2v) is 8.50. The zero-order chi connectivity index (χ0) is 20.9. The van der Waals surface area contributed by atoms with E-state index in [0.717, 1.165) is 11.1 Å². The third-order valence-corrected chi connectivity index (χ3v) is 6.65. The molecular weight excluding hydrogens is 384 g/mol. The molecular formula is C23H24N2O3S. The van der Waals surface area contributed by atoms with Crippen molar-refractivity contribution < 1.29 is 13.2 Å². The highest BCUT2D eigenvalue weighted by Gasteiger charge is 2.23. The summed E-state index contributed by atoms with van der Waals surface area (Å²) in [5.74, 6) is -0.200. The zero-order valence-electron chi connectivity index (χ0n) is 16.5. The van der Waals surface area contributed by atoms with Gasteiger partial charge in [-0.3, -0.25) is 9.10 Å². The number of sulfonamides is 1. The number of carbonyl (C=O) groups excluding carboxylic acids is 1. The second kappa shape index (κ2) is 8.92. The summed E-state index contributed by atoms with van der Waals surface area (Å²) in [6, 6.07) is 22.8. The van der Waals surface area contributed by atoms with Crippen LogP contribution in [0.15, 0.2) is 83.8 Å². The van der Waals surface area contributed by atoms with E-state index in [2.05, 4.69) is 5.32 Å². The summed E-state index contributed by atoms with van der Waals surface area (Å²) in [6.07, 6.45) is 0. The Morgan fingerprint density at radius 1 is 0.897 bits per heavy atom. The highest BCUT2D eigenvalue weighted by Crippen LogP contribution is 2.23. The Morgan fingerprint density at radius 3 is 2.14 bits per heavy atom. The average Bonchev–Trinajstić information content (AvgIpc) is 2.74. The molecule has 0 unspecified atom stereocenters. The number of nitrogens with zero attached hydrogens (tertiary/aromatic N) is 1. The van der Waals surface area contributed by atoms with Crippen LogP contribution < -0.4 is 9.62 Å². The molecule has 0 aliphatic rings. The normalized spacial score (nSPS) is 11.1. The molecule has 6 heteroatoms. The lowest BCUT2D eigenvalue weighted by atomic mass is 10.1. The van der Waals surface area contributed by atoms with Crippen LogP contribution in [-0.2, 0) is 16.6 Å². The number of hydrogen-bond acceptors (Lipinski definition) is 3. The third-order valence-electron chi connectivity index (χ3n) is 4.74. The molecule has 3 rings (SSSR count). The molecule has 0 saturated carbocycles. The van der Waals surface area contributed by atoms with Gasteiger partial charge in [0, 0.05) is 18.7 Å². The van der Waals surface area contributed by atoms with Crippen molar-refractivity contribution in [3.63, 3.8) is 0 Å². The van der Waals surface area contributed by atoms with Gasteiger partial charge in [-0.05, 0) is 61.4 Å². The fourth-order valence-corrected chi connectivity index (χ4v) is 4.57. The van der Waals surface area contributed by atoms with E-state index < -0.39 is 10.0 Å². The van der Waals surface area contributed by atoms with Crippen molar-refractivity contribution >= 4 is 21.6 Å². The van der Waals surface area contributed by atoms with Crippen LogP contribution in [0.1, 0.15) is 28.4 Å². The van der Waals surface area contributed by atoms with E-state index in [-0.39, 0.29) is 17.3 Å². The minimum Gasteiger partial charge on any atom is -0.348 e. The van der Waals surface area contributed by atoms with E-state index in [1.54, 1.807) is 61.5 Å². The molecule has 29 heavy (non-hydrogen) atoms. The summed E-state index contributed by atoms with van der Waals surface area (Å²) >= 11 is 0. The lowest BCUT2D eigenvalue weighted by Gasteiger charge is -2.23. The SMILES string of the molecule is CCN(c1ccc(C(=O)NCc2ccccc2C)cc1)S(=O)(=O)c1ccccc1. The highest BCUT2D eigenvalue weighted by molar-refractivity contribution is 7.92. The summed E-state index contributed by atoms with van der Waals surface area (Å²) in [5, 5.41) is 2.90. The number of benzene rings is 3. The van der Waals surface area contributed by atoms with Crippen molar-refractivity contribution in [2.24, 2.45) is 0 Å². The minimum atomic E-state index is -3.66. The maximum atomic E-state index is 12.9. The van der Waals surface area contributed by atoms with Gasteiger partial charge in [0.1, 0.15) is 0 Å². The van der Waals surface area contributed by atoms with E-state index >= 15 is 0 Å². The molecule has 0 aliphatic heterocycles. The summed E-state index contributed by atoms with van der Waals surface area (Å²) in [5.41, 5.74) is 3.18. The zero-order valence-corrected chi connectivity index (χ0v) is 17.3. The average molecular weight is 409 g/mol. The van der Waals surface area contributed by atoms with Crippen LogP contribution in [0.3, 0.4) is 0 Å². The molecule has 3 aromatic rings. The highest BCUT2D eigenvalue weighted by atomic mass is 32.2. The van der Waals surface area contributed by atoms with Crippen molar-refractivity contribution in [1.29, 1.82) is 0 Å². The molecule has 0 aromatic heterocycles. The van der Waals surface area contributed by atoms with Crippen LogP contribution in [0.2, 0.25) is 0 Å². The van der Waals surface area contributed by atoms with Crippen LogP contribution in [-0.4, -0.2) is 20.9 Å². The van der Waals surface area contributed by atoms with Gasteiger partial charge in [-0.25, -0.2) is 8.42 Å². The standard InChI is InChI=1S/C23H24N2O3S/c1-3-25(29(27,28)22-11-5-4-6-12-22)21-15-13-19(14-16-21)23(26)24-17-20-10-8-7-9-18(20)2/h4-16H,3,17H2,1-2H3,(H,24,26). The molecule has 0 aliphatic carbocycles. The Morgan fingerprint density at radius 2 is 1.52 bits per heavy atom. The van der Waals surface area contributed by atoms with Crippen LogP contribution in [0.5, 0.6) is 0 Å². The minimum absolute atomic E-state index is 0.200. The molecule has 0 radical (unpaired) electrons. The van der Waals surface area contributed by atoms with Crippen LogP contribution in [0.4, 0.5) is 5.69 Å². The summed E-state index contributed by atoms with van der Waals surface area (Å²) in [7, 11) is -3.66. The third kappa shape index (κ3) is 4.66. The molecule has 0 atom stereocenters. The maximum absolute atomic E-state index is 12.9. The van der Waals surface area contributed by atoms with Gasteiger partial charge >= 0.3 is 0 Å². The van der Waals surface area contributed by atoms with Crippen LogP contribution >= 0.6 is 0 Å². The van der Waals surface area contributed by atoms with E-state index in [9.17, 15) is 13.2 Å². The van der Waals surface area contributed by atoms with E-state index in [0.29, 0.717) is 17.8 Å². The maximum Gasteiger partial charge on any atom is 0.264 e. The molecule has 1 amide bonds. The Hall–Kier alpha value is -3.12. The Kier molecular flexibility index (Phi) is 6.34. The molecule has 5 nitrogen and oxygen atoms in total. The van der Waals surface area contributed by atoms with Gasteiger partial charge < -0.3 is 5.32 Å². The molecule has 3 aromatic carbocycles. The number of amides is 1. The van der Waals surface area contributed by atoms with E-state index in [4.69, 9.17) is 0 Å². The lowest BCUT2D eigenvalue weighted by molar-refractivity contribution is 0.0951. The molecule has 0 spiro atoms. The summed E-state index contributed by atoms with van der Waals surface area (Å²) in [4.78, 5) is 12.7. The number of carbonyl (C=O) groups is 1.